The largest absolute Gasteiger partial charge is 2.00 e. The number of carboxylic acid groups (broad SMARTS) is 2. The minimum atomic E-state index is -1.23. The first-order valence-corrected chi connectivity index (χ1v) is 2.92. The molecule has 0 saturated heterocycles. The Balaban J connectivity index is 0. The first-order chi connectivity index (χ1) is 4.52. The van der Waals surface area contributed by atoms with Crippen LogP contribution in [0.4, 0.5) is 0 Å². The predicted octanol–water partition coefficient (Wildman–Crippen LogP) is -2.10. The maximum Gasteiger partial charge on any atom is 2.00 e. The van der Waals surface area contributed by atoms with Crippen LogP contribution in [-0.2, 0) is 26.1 Å². The third kappa shape index (κ3) is 9.43. The van der Waals surface area contributed by atoms with E-state index in [1.807, 2.05) is 0 Å². The predicted molar refractivity (Wildman–Crippen MR) is 28.4 cm³/mol. The normalized spacial score (nSPS) is 8.91. The number of hydrogen-bond acceptors (Lipinski definition) is 4. The first kappa shape index (κ1) is 13.1. The van der Waals surface area contributed by atoms with Crippen molar-refractivity contribution in [2.24, 2.45) is 5.92 Å². The first-order valence-electron chi connectivity index (χ1n) is 2.92. The summed E-state index contributed by atoms with van der Waals surface area (Å²) in [6, 6.07) is 0. The van der Waals surface area contributed by atoms with Gasteiger partial charge in [0.2, 0.25) is 0 Å². The van der Waals surface area contributed by atoms with E-state index >= 15 is 0 Å². The van der Waals surface area contributed by atoms with E-state index in [9.17, 15) is 19.8 Å². The molecule has 11 heavy (non-hydrogen) atoms. The molecule has 0 aromatic heterocycles. The minimum absolute atomic E-state index is 0. The van der Waals surface area contributed by atoms with Gasteiger partial charge in [-0.1, -0.05) is 6.92 Å². The summed E-state index contributed by atoms with van der Waals surface area (Å²) in [5, 5.41) is 19.7. The number of carbonyl (C=O) groups is 2. The van der Waals surface area contributed by atoms with Crippen molar-refractivity contribution in [3.63, 3.8) is 0 Å². The van der Waals surface area contributed by atoms with Crippen LogP contribution < -0.4 is 10.2 Å². The second-order valence-corrected chi connectivity index (χ2v) is 2.26. The van der Waals surface area contributed by atoms with Crippen molar-refractivity contribution in [2.75, 3.05) is 0 Å². The number of carboxylic acids is 2. The summed E-state index contributed by atoms with van der Waals surface area (Å²) in [7, 11) is 0. The van der Waals surface area contributed by atoms with Crippen molar-refractivity contribution in [3.8, 4) is 0 Å². The monoisotopic (exact) mass is 202 g/mol. The van der Waals surface area contributed by atoms with Gasteiger partial charge in [0.25, 0.3) is 0 Å². The van der Waals surface area contributed by atoms with Gasteiger partial charge in [-0.15, -0.1) is 0 Å². The van der Waals surface area contributed by atoms with Gasteiger partial charge in [0.1, 0.15) is 0 Å². The number of hydrogen-bond donors (Lipinski definition) is 0. The van der Waals surface area contributed by atoms with Gasteiger partial charge in [0.05, 0.1) is 0 Å². The molecular formula is C6H8NiO4. The van der Waals surface area contributed by atoms with Gasteiger partial charge in [0, 0.05) is 11.9 Å². The third-order valence-electron chi connectivity index (χ3n) is 1.03. The molecule has 5 heteroatoms. The van der Waals surface area contributed by atoms with E-state index < -0.39 is 17.9 Å². The van der Waals surface area contributed by atoms with Crippen LogP contribution in [0.3, 0.4) is 0 Å². The summed E-state index contributed by atoms with van der Waals surface area (Å²) in [6.45, 7) is 1.52. The Morgan fingerprint density at radius 3 is 1.64 bits per heavy atom. The Hall–Kier alpha value is -0.566. The fraction of sp³-hybridized carbons (Fsp3) is 0.667. The summed E-state index contributed by atoms with van der Waals surface area (Å²) in [5.74, 6) is -2.86. The smallest absolute Gasteiger partial charge is 0.550 e. The molecule has 0 radical (unpaired) electrons. The van der Waals surface area contributed by atoms with Gasteiger partial charge in [-0.2, -0.15) is 0 Å². The zero-order valence-electron chi connectivity index (χ0n) is 5.94. The van der Waals surface area contributed by atoms with E-state index in [1.165, 1.54) is 6.92 Å². The van der Waals surface area contributed by atoms with E-state index in [0.29, 0.717) is 0 Å². The maximum atomic E-state index is 9.87. The molecule has 0 unspecified atom stereocenters. The van der Waals surface area contributed by atoms with Gasteiger partial charge >= 0.3 is 16.5 Å². The molecule has 0 spiro atoms. The van der Waals surface area contributed by atoms with Crippen LogP contribution in [0.25, 0.3) is 0 Å². The van der Waals surface area contributed by atoms with Crippen molar-refractivity contribution < 1.29 is 36.3 Å². The van der Waals surface area contributed by atoms with E-state index in [1.54, 1.807) is 0 Å². The number of carbonyl (C=O) groups excluding carboxylic acids is 2. The van der Waals surface area contributed by atoms with Gasteiger partial charge in [-0.05, 0) is 18.8 Å². The molecule has 0 bridgehead atoms. The Bertz CT molecular complexity index is 130. The van der Waals surface area contributed by atoms with E-state index in [-0.39, 0.29) is 29.3 Å². The van der Waals surface area contributed by atoms with Gasteiger partial charge < -0.3 is 19.8 Å². The Morgan fingerprint density at radius 2 is 1.45 bits per heavy atom. The molecule has 0 aromatic carbocycles. The second-order valence-electron chi connectivity index (χ2n) is 2.26. The minimum Gasteiger partial charge on any atom is -0.550 e. The van der Waals surface area contributed by atoms with Crippen LogP contribution in [0.15, 0.2) is 0 Å². The zero-order chi connectivity index (χ0) is 8.15. The molecule has 0 heterocycles. The van der Waals surface area contributed by atoms with Gasteiger partial charge in [-0.3, -0.25) is 0 Å². The van der Waals surface area contributed by atoms with Crippen LogP contribution in [0.1, 0.15) is 19.8 Å². The summed E-state index contributed by atoms with van der Waals surface area (Å²) in [5.41, 5.74) is 0. The van der Waals surface area contributed by atoms with Crippen LogP contribution in [-0.4, -0.2) is 11.9 Å². The molecule has 0 rings (SSSR count). The number of rotatable bonds is 4. The fourth-order valence-electron chi connectivity index (χ4n) is 0.641. The quantitative estimate of drug-likeness (QED) is 0.490. The maximum absolute atomic E-state index is 9.87. The zero-order valence-corrected chi connectivity index (χ0v) is 6.93. The average molecular weight is 203 g/mol. The Morgan fingerprint density at radius 1 is 1.18 bits per heavy atom. The van der Waals surface area contributed by atoms with E-state index in [2.05, 4.69) is 0 Å². The molecule has 0 aromatic rings. The van der Waals surface area contributed by atoms with E-state index in [0.717, 1.165) is 0 Å². The molecule has 0 atom stereocenters. The van der Waals surface area contributed by atoms with Gasteiger partial charge in [-0.25, -0.2) is 0 Å². The molecule has 4 nitrogen and oxygen atoms in total. The fourth-order valence-corrected chi connectivity index (χ4v) is 0.641. The molecule has 0 N–H and O–H groups in total. The van der Waals surface area contributed by atoms with Crippen LogP contribution >= 0.6 is 0 Å². The van der Waals surface area contributed by atoms with Gasteiger partial charge in [0.15, 0.2) is 0 Å². The van der Waals surface area contributed by atoms with Crippen LogP contribution in [0.2, 0.25) is 0 Å². The molecule has 0 aliphatic heterocycles. The number of aliphatic carboxylic acids is 2. The summed E-state index contributed by atoms with van der Waals surface area (Å²) < 4.78 is 0. The summed E-state index contributed by atoms with van der Waals surface area (Å²) in [4.78, 5) is 19.7. The van der Waals surface area contributed by atoms with Crippen molar-refractivity contribution in [1.82, 2.24) is 0 Å². The third-order valence-corrected chi connectivity index (χ3v) is 1.03. The van der Waals surface area contributed by atoms with Crippen molar-refractivity contribution in [1.29, 1.82) is 0 Å². The van der Waals surface area contributed by atoms with Crippen LogP contribution in [0.5, 0.6) is 0 Å². The Labute approximate surface area is 74.5 Å². The molecule has 0 saturated carbocycles. The molecular weight excluding hydrogens is 195 g/mol. The Kier molecular flexibility index (Phi) is 7.31. The SMILES string of the molecule is CC(CC(=O)[O-])CC(=O)[O-].[Ni+2]. The molecule has 0 amide bonds. The van der Waals surface area contributed by atoms with Crippen LogP contribution in [0, 0.1) is 5.92 Å². The standard InChI is InChI=1S/C6H10O4.Ni/c1-4(2-5(7)8)3-6(9)10;/h4H,2-3H2,1H3,(H,7,8)(H,9,10);/q;+2/p-2. The molecule has 0 aliphatic carbocycles. The second kappa shape index (κ2) is 6.16. The topological polar surface area (TPSA) is 80.3 Å². The molecule has 0 fully saturated rings. The van der Waals surface area contributed by atoms with Crippen molar-refractivity contribution in [3.05, 3.63) is 0 Å². The summed E-state index contributed by atoms with van der Waals surface area (Å²) >= 11 is 0. The molecule has 0 aliphatic rings. The van der Waals surface area contributed by atoms with E-state index in [4.69, 9.17) is 0 Å². The van der Waals surface area contributed by atoms with Crippen molar-refractivity contribution in [2.45, 2.75) is 19.8 Å². The summed E-state index contributed by atoms with van der Waals surface area (Å²) in [6.07, 6.45) is -0.456. The average Bonchev–Trinajstić information content (AvgIpc) is 1.58. The van der Waals surface area contributed by atoms with Crippen molar-refractivity contribution >= 4 is 11.9 Å². The molecule has 66 valence electrons.